The maximum absolute atomic E-state index is 12.7. The third-order valence-electron chi connectivity index (χ3n) is 4.54. The minimum atomic E-state index is -0.822. The Labute approximate surface area is 215 Å². The summed E-state index contributed by atoms with van der Waals surface area (Å²) in [5, 5.41) is 5.03. The molecular formula is C23H13Br2Cl2N3O3. The molecule has 0 bridgehead atoms. The van der Waals surface area contributed by atoms with Gasteiger partial charge >= 0.3 is 5.97 Å². The topological polar surface area (TPSA) is 74.1 Å². The highest BCUT2D eigenvalue weighted by Gasteiger charge is 2.21. The molecule has 0 N–H and O–H groups in total. The number of rotatable bonds is 6. The lowest BCUT2D eigenvalue weighted by atomic mass is 10.1. The lowest BCUT2D eigenvalue weighted by molar-refractivity contribution is 0.0462. The lowest BCUT2D eigenvalue weighted by Crippen LogP contribution is -2.15. The van der Waals surface area contributed by atoms with Gasteiger partial charge < -0.3 is 4.74 Å². The molecule has 0 saturated heterocycles. The molecule has 4 rings (SSSR count). The molecule has 33 heavy (non-hydrogen) atoms. The fourth-order valence-corrected chi connectivity index (χ4v) is 3.72. The molecule has 1 aromatic heterocycles. The van der Waals surface area contributed by atoms with Gasteiger partial charge in [-0.2, -0.15) is 0 Å². The van der Waals surface area contributed by atoms with Crippen LogP contribution < -0.4 is 0 Å². The van der Waals surface area contributed by atoms with Crippen LogP contribution in [0.3, 0.4) is 0 Å². The summed E-state index contributed by atoms with van der Waals surface area (Å²) in [6.45, 7) is -0.435. The Hall–Kier alpha value is -2.52. The molecule has 0 unspecified atom stereocenters. The number of hydrogen-bond acceptors (Lipinski definition) is 5. The molecule has 1 heterocycles. The first-order valence-electron chi connectivity index (χ1n) is 9.46. The third-order valence-corrected chi connectivity index (χ3v) is 6.34. The van der Waals surface area contributed by atoms with E-state index in [4.69, 9.17) is 27.9 Å². The second kappa shape index (κ2) is 10.2. The number of carbonyl (C=O) groups excluding carboxylic acids is 2. The first kappa shape index (κ1) is 23.6. The zero-order valence-corrected chi connectivity index (χ0v) is 21.3. The first-order valence-corrected chi connectivity index (χ1v) is 11.8. The van der Waals surface area contributed by atoms with Gasteiger partial charge in [-0.1, -0.05) is 79.3 Å². The van der Waals surface area contributed by atoms with Gasteiger partial charge in [0.2, 0.25) is 0 Å². The van der Waals surface area contributed by atoms with Gasteiger partial charge in [0.25, 0.3) is 5.82 Å². The van der Waals surface area contributed by atoms with E-state index in [0.29, 0.717) is 32.7 Å². The number of nitrogens with zero attached hydrogens (tertiary/aromatic N) is 3. The van der Waals surface area contributed by atoms with Crippen molar-refractivity contribution in [3.05, 3.63) is 97.1 Å². The van der Waals surface area contributed by atoms with Gasteiger partial charge in [0, 0.05) is 20.1 Å². The normalized spacial score (nSPS) is 10.8. The van der Waals surface area contributed by atoms with Crippen molar-refractivity contribution in [1.29, 1.82) is 0 Å². The Kier molecular flexibility index (Phi) is 7.29. The molecule has 6 nitrogen and oxygen atoms in total. The molecule has 0 amide bonds. The average Bonchev–Trinajstić information content (AvgIpc) is 3.25. The summed E-state index contributed by atoms with van der Waals surface area (Å²) in [5.74, 6) is -0.958. The van der Waals surface area contributed by atoms with Crippen molar-refractivity contribution in [3.63, 3.8) is 0 Å². The Bertz CT molecular complexity index is 1340. The van der Waals surface area contributed by atoms with Crippen molar-refractivity contribution in [3.8, 4) is 17.1 Å². The third kappa shape index (κ3) is 5.52. The van der Waals surface area contributed by atoms with Crippen LogP contribution in [0, 0.1) is 0 Å². The fraction of sp³-hybridized carbons (Fsp3) is 0.0435. The summed E-state index contributed by atoms with van der Waals surface area (Å²) in [5.41, 5.74) is 1.69. The summed E-state index contributed by atoms with van der Waals surface area (Å²) >= 11 is 18.9. The fourth-order valence-electron chi connectivity index (χ4n) is 2.90. The van der Waals surface area contributed by atoms with E-state index >= 15 is 0 Å². The Morgan fingerprint density at radius 2 is 1.52 bits per heavy atom. The van der Waals surface area contributed by atoms with E-state index in [0.717, 1.165) is 8.95 Å². The monoisotopic (exact) mass is 607 g/mol. The maximum atomic E-state index is 12.7. The van der Waals surface area contributed by atoms with Crippen molar-refractivity contribution in [2.45, 2.75) is 0 Å². The number of benzene rings is 3. The van der Waals surface area contributed by atoms with E-state index < -0.39 is 12.6 Å². The second-order valence-corrected chi connectivity index (χ2v) is 9.43. The van der Waals surface area contributed by atoms with Gasteiger partial charge in [-0.25, -0.2) is 14.5 Å². The van der Waals surface area contributed by atoms with Crippen molar-refractivity contribution in [2.75, 3.05) is 6.61 Å². The largest absolute Gasteiger partial charge is 0.451 e. The van der Waals surface area contributed by atoms with E-state index in [1.54, 1.807) is 42.5 Å². The van der Waals surface area contributed by atoms with Crippen LogP contribution in [0.5, 0.6) is 0 Å². The molecule has 4 aromatic rings. The van der Waals surface area contributed by atoms with Crippen molar-refractivity contribution in [1.82, 2.24) is 14.8 Å². The number of esters is 1. The summed E-state index contributed by atoms with van der Waals surface area (Å²) in [6, 6.07) is 19.1. The standard InChI is InChI=1S/C23H13Br2Cl2N3O3/c24-15-5-1-13(2-6-15)20(31)12-33-23(32)21-28-22(14-3-7-16(25)8-4-14)30(29-21)17-9-10-18(26)19(27)11-17/h1-11H,12H2. The zero-order chi connectivity index (χ0) is 23.5. The number of Topliss-reactive ketones (excluding diaryl/α,β-unsaturated/α-hetero) is 1. The summed E-state index contributed by atoms with van der Waals surface area (Å²) in [4.78, 5) is 29.4. The quantitative estimate of drug-likeness (QED) is 0.177. The number of ether oxygens (including phenoxy) is 1. The zero-order valence-electron chi connectivity index (χ0n) is 16.6. The van der Waals surface area contributed by atoms with Gasteiger partial charge in [0.15, 0.2) is 18.2 Å². The predicted molar refractivity (Wildman–Crippen MR) is 133 cm³/mol. The summed E-state index contributed by atoms with van der Waals surface area (Å²) in [6.07, 6.45) is 0. The second-order valence-electron chi connectivity index (χ2n) is 6.78. The Balaban J connectivity index is 1.63. The van der Waals surface area contributed by atoms with E-state index in [-0.39, 0.29) is 11.6 Å². The van der Waals surface area contributed by atoms with Gasteiger partial charge in [-0.05, 0) is 42.5 Å². The van der Waals surface area contributed by atoms with Crippen LogP contribution >= 0.6 is 55.1 Å². The van der Waals surface area contributed by atoms with Crippen LogP contribution in [-0.4, -0.2) is 33.1 Å². The molecule has 0 spiro atoms. The van der Waals surface area contributed by atoms with Gasteiger partial charge in [0.05, 0.1) is 15.7 Å². The van der Waals surface area contributed by atoms with E-state index in [2.05, 4.69) is 41.9 Å². The van der Waals surface area contributed by atoms with Crippen LogP contribution in [0.4, 0.5) is 0 Å². The van der Waals surface area contributed by atoms with Crippen LogP contribution in [0.1, 0.15) is 21.0 Å². The molecule has 0 atom stereocenters. The lowest BCUT2D eigenvalue weighted by Gasteiger charge is -2.07. The molecule has 0 aliphatic heterocycles. The minimum Gasteiger partial charge on any atom is -0.451 e. The average molecular weight is 610 g/mol. The SMILES string of the molecule is O=C(COC(=O)c1nc(-c2ccc(Br)cc2)n(-c2ccc(Cl)c(Cl)c2)n1)c1ccc(Br)cc1. The van der Waals surface area contributed by atoms with Gasteiger partial charge in [0.1, 0.15) is 0 Å². The molecule has 0 saturated carbocycles. The maximum Gasteiger partial charge on any atom is 0.378 e. The molecule has 166 valence electrons. The van der Waals surface area contributed by atoms with Gasteiger partial charge in [-0.15, -0.1) is 5.10 Å². The van der Waals surface area contributed by atoms with Crippen molar-refractivity contribution in [2.24, 2.45) is 0 Å². The number of hydrogen-bond donors (Lipinski definition) is 0. The van der Waals surface area contributed by atoms with Gasteiger partial charge in [-0.3, -0.25) is 4.79 Å². The van der Waals surface area contributed by atoms with E-state index in [9.17, 15) is 9.59 Å². The molecule has 0 aliphatic carbocycles. The van der Waals surface area contributed by atoms with E-state index in [1.165, 1.54) is 4.68 Å². The number of aromatic nitrogens is 3. The van der Waals surface area contributed by atoms with Crippen LogP contribution in [0.2, 0.25) is 10.0 Å². The minimum absolute atomic E-state index is 0.192. The van der Waals surface area contributed by atoms with Crippen LogP contribution in [-0.2, 0) is 4.74 Å². The number of halogens is 4. The highest BCUT2D eigenvalue weighted by molar-refractivity contribution is 9.10. The number of carbonyl (C=O) groups is 2. The molecular weight excluding hydrogens is 597 g/mol. The van der Waals surface area contributed by atoms with E-state index in [1.807, 2.05) is 24.3 Å². The van der Waals surface area contributed by atoms with Crippen molar-refractivity contribution < 1.29 is 14.3 Å². The molecule has 0 fully saturated rings. The Morgan fingerprint density at radius 1 is 0.879 bits per heavy atom. The van der Waals surface area contributed by atoms with Crippen molar-refractivity contribution >= 4 is 66.8 Å². The molecule has 10 heteroatoms. The summed E-state index contributed by atoms with van der Waals surface area (Å²) in [7, 11) is 0. The van der Waals surface area contributed by atoms with Crippen LogP contribution in [0.15, 0.2) is 75.7 Å². The predicted octanol–water partition coefficient (Wildman–Crippen LogP) is 6.81. The molecule has 0 aliphatic rings. The Morgan fingerprint density at radius 3 is 2.15 bits per heavy atom. The summed E-state index contributed by atoms with van der Waals surface area (Å²) < 4.78 is 8.38. The smallest absolute Gasteiger partial charge is 0.378 e. The highest BCUT2D eigenvalue weighted by Crippen LogP contribution is 2.28. The molecule has 0 radical (unpaired) electrons. The van der Waals surface area contributed by atoms with Crippen LogP contribution in [0.25, 0.3) is 17.1 Å². The highest BCUT2D eigenvalue weighted by atomic mass is 79.9. The molecule has 3 aromatic carbocycles. The first-order chi connectivity index (χ1) is 15.8. The number of ketones is 1.